The zero-order valence-corrected chi connectivity index (χ0v) is 8.55. The molecule has 0 N–H and O–H groups in total. The lowest BCUT2D eigenvalue weighted by atomic mass is 10.0. The van der Waals surface area contributed by atoms with Crippen molar-refractivity contribution in [1.82, 2.24) is 4.90 Å². The number of rotatable bonds is 2. The topological polar surface area (TPSA) is 46.6 Å². The first kappa shape index (κ1) is 9.51. The van der Waals surface area contributed by atoms with Crippen molar-refractivity contribution in [3.63, 3.8) is 0 Å². The standard InChI is InChI=1S/C7H10BrNO3/c1-7(8)4-9(6(7)11)3-5(10)12-2/h3-4H2,1-2H3. The SMILES string of the molecule is COC(=O)CN1CC(C)(Br)C1=O. The van der Waals surface area contributed by atoms with Crippen LogP contribution in [-0.2, 0) is 14.3 Å². The largest absolute Gasteiger partial charge is 0.468 e. The highest BCUT2D eigenvalue weighted by Crippen LogP contribution is 2.30. The molecule has 1 rings (SSSR count). The van der Waals surface area contributed by atoms with Gasteiger partial charge in [0.1, 0.15) is 10.9 Å². The summed E-state index contributed by atoms with van der Waals surface area (Å²) in [5.41, 5.74) is 0. The van der Waals surface area contributed by atoms with Crippen molar-refractivity contribution in [1.29, 1.82) is 0 Å². The van der Waals surface area contributed by atoms with Crippen molar-refractivity contribution in [3.05, 3.63) is 0 Å². The van der Waals surface area contributed by atoms with Crippen molar-refractivity contribution in [2.45, 2.75) is 11.2 Å². The van der Waals surface area contributed by atoms with Gasteiger partial charge in [-0.2, -0.15) is 0 Å². The Morgan fingerprint density at radius 1 is 1.83 bits per heavy atom. The number of ether oxygens (including phenoxy) is 1. The van der Waals surface area contributed by atoms with Crippen LogP contribution in [0.25, 0.3) is 0 Å². The third kappa shape index (κ3) is 1.60. The first-order valence-corrected chi connectivity index (χ1v) is 4.32. The van der Waals surface area contributed by atoms with E-state index in [9.17, 15) is 9.59 Å². The van der Waals surface area contributed by atoms with Gasteiger partial charge in [-0.1, -0.05) is 15.9 Å². The van der Waals surface area contributed by atoms with Gasteiger partial charge in [0.15, 0.2) is 0 Å². The van der Waals surface area contributed by atoms with Gasteiger partial charge in [0, 0.05) is 6.54 Å². The number of carbonyl (C=O) groups excluding carboxylic acids is 2. The van der Waals surface area contributed by atoms with Crippen LogP contribution in [-0.4, -0.2) is 41.3 Å². The molecule has 68 valence electrons. The number of hydrogen-bond donors (Lipinski definition) is 0. The molecule has 1 amide bonds. The Hall–Kier alpha value is -0.580. The summed E-state index contributed by atoms with van der Waals surface area (Å²) in [5.74, 6) is -0.445. The second kappa shape index (κ2) is 3.05. The van der Waals surface area contributed by atoms with Gasteiger partial charge in [0.2, 0.25) is 5.91 Å². The Labute approximate surface area is 79.0 Å². The summed E-state index contributed by atoms with van der Waals surface area (Å²) < 4.78 is 3.95. The second-order valence-electron chi connectivity index (χ2n) is 2.93. The molecular weight excluding hydrogens is 226 g/mol. The Kier molecular flexibility index (Phi) is 2.41. The van der Waals surface area contributed by atoms with Crippen LogP contribution >= 0.6 is 15.9 Å². The number of carbonyl (C=O) groups is 2. The lowest BCUT2D eigenvalue weighted by molar-refractivity contribution is -0.153. The van der Waals surface area contributed by atoms with Crippen LogP contribution in [0, 0.1) is 0 Å². The van der Waals surface area contributed by atoms with Crippen molar-refractivity contribution in [2.75, 3.05) is 20.2 Å². The maximum Gasteiger partial charge on any atom is 0.325 e. The highest BCUT2D eigenvalue weighted by molar-refractivity contribution is 9.10. The summed E-state index contributed by atoms with van der Waals surface area (Å²) in [6.45, 7) is 2.39. The molecule has 0 saturated carbocycles. The van der Waals surface area contributed by atoms with Gasteiger partial charge in [0.05, 0.1) is 7.11 Å². The number of hydrogen-bond acceptors (Lipinski definition) is 3. The van der Waals surface area contributed by atoms with Crippen LogP contribution in [0.2, 0.25) is 0 Å². The van der Waals surface area contributed by atoms with Crippen LogP contribution in [0.5, 0.6) is 0 Å². The van der Waals surface area contributed by atoms with Crippen molar-refractivity contribution >= 4 is 27.8 Å². The molecule has 1 aliphatic heterocycles. The van der Waals surface area contributed by atoms with E-state index in [0.717, 1.165) is 0 Å². The average molecular weight is 236 g/mol. The fraction of sp³-hybridized carbons (Fsp3) is 0.714. The number of esters is 1. The van der Waals surface area contributed by atoms with E-state index in [1.165, 1.54) is 12.0 Å². The number of β-lactam (4-membered cyclic amide) rings is 1. The molecule has 12 heavy (non-hydrogen) atoms. The molecule has 0 aliphatic carbocycles. The molecule has 1 atom stereocenters. The van der Waals surface area contributed by atoms with Gasteiger partial charge < -0.3 is 9.64 Å². The van der Waals surface area contributed by atoms with Crippen LogP contribution < -0.4 is 0 Å². The predicted octanol–water partition coefficient (Wildman–Crippen LogP) is 0.155. The van der Waals surface area contributed by atoms with E-state index in [1.54, 1.807) is 6.92 Å². The molecule has 4 nitrogen and oxygen atoms in total. The fourth-order valence-electron chi connectivity index (χ4n) is 1.08. The van der Waals surface area contributed by atoms with Crippen molar-refractivity contribution in [2.24, 2.45) is 0 Å². The molecule has 1 fully saturated rings. The molecule has 1 aliphatic rings. The number of halogens is 1. The van der Waals surface area contributed by atoms with E-state index in [-0.39, 0.29) is 18.4 Å². The first-order valence-electron chi connectivity index (χ1n) is 3.52. The van der Waals surface area contributed by atoms with Gasteiger partial charge in [-0.15, -0.1) is 0 Å². The van der Waals surface area contributed by atoms with E-state index in [1.807, 2.05) is 0 Å². The van der Waals surface area contributed by atoms with Gasteiger partial charge in [-0.05, 0) is 6.92 Å². The summed E-state index contributed by atoms with van der Waals surface area (Å²) in [4.78, 5) is 23.4. The molecule has 0 bridgehead atoms. The molecule has 0 radical (unpaired) electrons. The maximum atomic E-state index is 11.2. The fourth-order valence-corrected chi connectivity index (χ4v) is 1.64. The minimum atomic E-state index is -0.471. The lowest BCUT2D eigenvalue weighted by Gasteiger charge is -2.42. The number of alkyl halides is 1. The Balaban J connectivity index is 2.41. The molecule has 5 heteroatoms. The maximum absolute atomic E-state index is 11.2. The smallest absolute Gasteiger partial charge is 0.325 e. The molecule has 0 aromatic rings. The monoisotopic (exact) mass is 235 g/mol. The van der Waals surface area contributed by atoms with E-state index in [4.69, 9.17) is 0 Å². The van der Waals surface area contributed by atoms with E-state index >= 15 is 0 Å². The number of methoxy groups -OCH3 is 1. The molecule has 1 unspecified atom stereocenters. The molecular formula is C7H10BrNO3. The third-order valence-electron chi connectivity index (χ3n) is 1.77. The zero-order valence-electron chi connectivity index (χ0n) is 6.96. The zero-order chi connectivity index (χ0) is 9.35. The first-order chi connectivity index (χ1) is 5.47. The van der Waals surface area contributed by atoms with Crippen LogP contribution in [0.3, 0.4) is 0 Å². The summed E-state index contributed by atoms with van der Waals surface area (Å²) in [7, 11) is 1.31. The normalized spacial score (nSPS) is 28.2. The Morgan fingerprint density at radius 2 is 2.42 bits per heavy atom. The van der Waals surface area contributed by atoms with Gasteiger partial charge in [0.25, 0.3) is 0 Å². The van der Waals surface area contributed by atoms with E-state index in [0.29, 0.717) is 6.54 Å². The summed E-state index contributed by atoms with van der Waals surface area (Å²) in [5, 5.41) is 0. The summed E-state index contributed by atoms with van der Waals surface area (Å²) >= 11 is 3.24. The Morgan fingerprint density at radius 3 is 2.75 bits per heavy atom. The predicted molar refractivity (Wildman–Crippen MR) is 45.9 cm³/mol. The Bertz CT molecular complexity index is 227. The molecule has 1 heterocycles. The van der Waals surface area contributed by atoms with Crippen molar-refractivity contribution in [3.8, 4) is 0 Å². The van der Waals surface area contributed by atoms with E-state index in [2.05, 4.69) is 20.7 Å². The van der Waals surface area contributed by atoms with Gasteiger partial charge in [-0.3, -0.25) is 9.59 Å². The highest BCUT2D eigenvalue weighted by atomic mass is 79.9. The number of amides is 1. The van der Waals surface area contributed by atoms with Crippen LogP contribution in [0.15, 0.2) is 0 Å². The molecule has 1 saturated heterocycles. The summed E-state index contributed by atoms with van der Waals surface area (Å²) in [6.07, 6.45) is 0. The highest BCUT2D eigenvalue weighted by Gasteiger charge is 2.46. The molecule has 0 aromatic carbocycles. The van der Waals surface area contributed by atoms with Crippen LogP contribution in [0.4, 0.5) is 0 Å². The van der Waals surface area contributed by atoms with Gasteiger partial charge >= 0.3 is 5.97 Å². The van der Waals surface area contributed by atoms with Gasteiger partial charge in [-0.25, -0.2) is 0 Å². The lowest BCUT2D eigenvalue weighted by Crippen LogP contribution is -2.62. The van der Waals surface area contributed by atoms with Crippen molar-refractivity contribution < 1.29 is 14.3 Å². The number of likely N-dealkylation sites (tertiary alicyclic amines) is 1. The third-order valence-corrected chi connectivity index (χ3v) is 2.36. The average Bonchev–Trinajstić information content (AvgIpc) is 2.02. The van der Waals surface area contributed by atoms with E-state index < -0.39 is 4.32 Å². The summed E-state index contributed by atoms with van der Waals surface area (Å²) in [6, 6.07) is 0. The van der Waals surface area contributed by atoms with Crippen LogP contribution in [0.1, 0.15) is 6.92 Å². The molecule has 0 spiro atoms. The minimum Gasteiger partial charge on any atom is -0.468 e. The number of nitrogens with zero attached hydrogens (tertiary/aromatic N) is 1. The second-order valence-corrected chi connectivity index (χ2v) is 4.69. The minimum absolute atomic E-state index is 0.0521. The molecule has 0 aromatic heterocycles. The quantitative estimate of drug-likeness (QED) is 0.389.